The van der Waals surface area contributed by atoms with Gasteiger partial charge in [0.05, 0.1) is 11.2 Å². The van der Waals surface area contributed by atoms with Crippen molar-refractivity contribution in [1.82, 2.24) is 30.5 Å². The molecule has 1 fully saturated rings. The molecule has 3 heterocycles. The van der Waals surface area contributed by atoms with Crippen molar-refractivity contribution < 1.29 is 27.1 Å². The van der Waals surface area contributed by atoms with Gasteiger partial charge in [0.15, 0.2) is 23.2 Å². The van der Waals surface area contributed by atoms with Crippen LogP contribution in [0.1, 0.15) is 63.5 Å². The second-order valence-electron chi connectivity index (χ2n) is 12.6. The summed E-state index contributed by atoms with van der Waals surface area (Å²) in [6.07, 6.45) is 4.14. The van der Waals surface area contributed by atoms with Gasteiger partial charge < -0.3 is 35.5 Å². The van der Waals surface area contributed by atoms with Crippen LogP contribution in [0.4, 0.5) is 34.8 Å². The third kappa shape index (κ3) is 12.8. The Balaban J connectivity index is 0.000000573. The minimum Gasteiger partial charge on any atom is -0.435 e. The zero-order valence-electron chi connectivity index (χ0n) is 32.0. The maximum Gasteiger partial charge on any atom is 0.262 e. The van der Waals surface area contributed by atoms with Gasteiger partial charge in [-0.05, 0) is 72.5 Å². The number of aryl methyl sites for hydroxylation is 1. The molecule has 4 aromatic rings. The molecular formula is C38H54F4N8O2. The number of rotatable bonds is 8. The maximum absolute atomic E-state index is 15.2. The quantitative estimate of drug-likeness (QED) is 0.106. The fraction of sp³-hybridized carbons (Fsp3) is 0.447. The molecule has 4 N–H and O–H groups in total. The van der Waals surface area contributed by atoms with Crippen LogP contribution in [0.2, 0.25) is 0 Å². The van der Waals surface area contributed by atoms with E-state index in [4.69, 9.17) is 4.74 Å². The lowest BCUT2D eigenvalue weighted by Crippen LogP contribution is -2.43. The van der Waals surface area contributed by atoms with Crippen LogP contribution in [-0.4, -0.2) is 86.3 Å². The molecule has 1 saturated heterocycles. The summed E-state index contributed by atoms with van der Waals surface area (Å²) in [6.45, 7) is 14.3. The third-order valence-corrected chi connectivity index (χ3v) is 7.06. The predicted molar refractivity (Wildman–Crippen MR) is 203 cm³/mol. The molecule has 5 rings (SSSR count). The fourth-order valence-corrected chi connectivity index (χ4v) is 4.75. The number of halogens is 4. The highest BCUT2D eigenvalue weighted by Gasteiger charge is 2.25. The lowest BCUT2D eigenvalue weighted by atomic mass is 10.2. The molecule has 286 valence electrons. The molecule has 0 bridgehead atoms. The maximum atomic E-state index is 15.2. The van der Waals surface area contributed by atoms with Crippen molar-refractivity contribution in [2.24, 2.45) is 0 Å². The highest BCUT2D eigenvalue weighted by Crippen LogP contribution is 2.35. The van der Waals surface area contributed by atoms with Crippen molar-refractivity contribution in [2.75, 3.05) is 64.6 Å². The van der Waals surface area contributed by atoms with Gasteiger partial charge in [0.25, 0.3) is 5.91 Å². The Kier molecular flexibility index (Phi) is 18.1. The highest BCUT2D eigenvalue weighted by atomic mass is 19.1. The summed E-state index contributed by atoms with van der Waals surface area (Å²) >= 11 is 0. The van der Waals surface area contributed by atoms with Crippen molar-refractivity contribution in [2.45, 2.75) is 60.6 Å². The van der Waals surface area contributed by atoms with E-state index < -0.39 is 35.3 Å². The molecule has 0 spiro atoms. The average Bonchev–Trinajstić information content (AvgIpc) is 3.50. The lowest BCUT2D eigenvalue weighted by Gasteiger charge is -2.29. The molecule has 52 heavy (non-hydrogen) atoms. The van der Waals surface area contributed by atoms with Crippen LogP contribution in [-0.2, 0) is 0 Å². The van der Waals surface area contributed by atoms with Crippen molar-refractivity contribution in [3.8, 4) is 11.6 Å². The van der Waals surface area contributed by atoms with E-state index in [1.807, 2.05) is 38.9 Å². The largest absolute Gasteiger partial charge is 0.435 e. The molecule has 2 aromatic carbocycles. The van der Waals surface area contributed by atoms with Gasteiger partial charge in [0, 0.05) is 63.1 Å². The number of alkyl halides is 1. The molecule has 1 amide bonds. The lowest BCUT2D eigenvalue weighted by molar-refractivity contribution is 0.0824. The van der Waals surface area contributed by atoms with E-state index in [-0.39, 0.29) is 28.2 Å². The van der Waals surface area contributed by atoms with Gasteiger partial charge in [0.2, 0.25) is 5.88 Å². The number of allylic oxidation sites excluding steroid dienone is 2. The first kappa shape index (κ1) is 43.5. The number of amides is 1. The van der Waals surface area contributed by atoms with Crippen molar-refractivity contribution in [1.29, 1.82) is 0 Å². The van der Waals surface area contributed by atoms with Crippen LogP contribution in [0.5, 0.6) is 11.6 Å². The second-order valence-corrected chi connectivity index (χ2v) is 12.6. The molecule has 1 atom stereocenters. The number of piperazine rings is 1. The van der Waals surface area contributed by atoms with Crippen LogP contribution < -0.4 is 25.6 Å². The number of anilines is 3. The van der Waals surface area contributed by atoms with E-state index in [1.165, 1.54) is 43.1 Å². The Hall–Kier alpha value is -4.69. The Morgan fingerprint density at radius 1 is 1.06 bits per heavy atom. The van der Waals surface area contributed by atoms with Gasteiger partial charge in [0.1, 0.15) is 23.9 Å². The fourth-order valence-electron chi connectivity index (χ4n) is 4.75. The first-order valence-corrected chi connectivity index (χ1v) is 17.3. The third-order valence-electron chi connectivity index (χ3n) is 7.06. The first-order valence-electron chi connectivity index (χ1n) is 17.3. The van der Waals surface area contributed by atoms with Crippen LogP contribution in [0.3, 0.4) is 0 Å². The molecule has 14 heteroatoms. The standard InChI is InChI=1S/C26H26F3N7O2.C7H13F.C3H8.C2H7N/c1-14-10-16-22(29)20(12-18(28)23(16)33-14)38-25-21(26(37)35(2)3)24(31-13-32-25)34-15-4-5-19(17(27)11-15)36-8-6-30-7-9-36;1-6(2)4-5-7(3)8;2*1-3-2/h4-5,10-13,30,33H,6-9H2,1-3H3,(H,31,32,34);4,7H,5H2,1-3H3;3H2,1-2H3;3H,1-2H3. The number of hydrogen-bond acceptors (Lipinski definition) is 8. The van der Waals surface area contributed by atoms with Gasteiger partial charge in [-0.3, -0.25) is 4.79 Å². The summed E-state index contributed by atoms with van der Waals surface area (Å²) in [5, 5.41) is 8.93. The van der Waals surface area contributed by atoms with Gasteiger partial charge in [-0.1, -0.05) is 31.9 Å². The van der Waals surface area contributed by atoms with E-state index in [1.54, 1.807) is 26.0 Å². The summed E-state index contributed by atoms with van der Waals surface area (Å²) in [7, 11) is 6.78. The Labute approximate surface area is 305 Å². The van der Waals surface area contributed by atoms with E-state index in [0.29, 0.717) is 36.6 Å². The Morgan fingerprint density at radius 3 is 2.23 bits per heavy atom. The van der Waals surface area contributed by atoms with Gasteiger partial charge in [-0.25, -0.2) is 27.5 Å². The highest BCUT2D eigenvalue weighted by molar-refractivity contribution is 6.01. The van der Waals surface area contributed by atoms with Crippen molar-refractivity contribution in [3.05, 3.63) is 77.0 Å². The van der Waals surface area contributed by atoms with Gasteiger partial charge in [-0.15, -0.1) is 0 Å². The number of fused-ring (bicyclic) bond motifs is 1. The van der Waals surface area contributed by atoms with Crippen LogP contribution in [0.25, 0.3) is 10.9 Å². The average molecular weight is 731 g/mol. The van der Waals surface area contributed by atoms with Crippen LogP contribution in [0, 0.1) is 24.4 Å². The Bertz CT molecular complexity index is 1750. The smallest absolute Gasteiger partial charge is 0.262 e. The topological polar surface area (TPSA) is 110 Å². The van der Waals surface area contributed by atoms with Crippen molar-refractivity contribution in [3.63, 3.8) is 0 Å². The minimum absolute atomic E-state index is 0.00504. The summed E-state index contributed by atoms with van der Waals surface area (Å²) in [5.74, 6) is -3.24. The van der Waals surface area contributed by atoms with E-state index in [2.05, 4.69) is 44.7 Å². The van der Waals surface area contributed by atoms with Gasteiger partial charge in [-0.2, -0.15) is 0 Å². The molecule has 0 saturated carbocycles. The number of nitrogens with one attached hydrogen (secondary N) is 4. The SMILES string of the molecule is CC(C)=CCC(C)F.CCC.CNC.Cc1cc2c(F)c(Oc3ncnc(Nc4ccc(N5CCNCC5)c(F)c4)c3C(=O)N(C)C)cc(F)c2[nH]1. The molecule has 1 aliphatic heterocycles. The number of H-pyrrole nitrogens is 1. The van der Waals surface area contributed by atoms with E-state index >= 15 is 4.39 Å². The number of ether oxygens (including phenoxy) is 1. The predicted octanol–water partition coefficient (Wildman–Crippen LogP) is 8.28. The number of nitrogens with zero attached hydrogens (tertiary/aromatic N) is 4. The first-order chi connectivity index (χ1) is 24.7. The number of aromatic nitrogens is 3. The normalized spacial score (nSPS) is 12.6. The minimum atomic E-state index is -0.812. The van der Waals surface area contributed by atoms with E-state index in [9.17, 15) is 18.0 Å². The monoisotopic (exact) mass is 730 g/mol. The number of benzene rings is 2. The molecular weight excluding hydrogens is 676 g/mol. The zero-order valence-corrected chi connectivity index (χ0v) is 32.0. The number of carbonyl (C=O) groups excluding carboxylic acids is 1. The number of hydrogen-bond donors (Lipinski definition) is 4. The van der Waals surface area contributed by atoms with E-state index in [0.717, 1.165) is 25.5 Å². The summed E-state index contributed by atoms with van der Waals surface area (Å²) in [6, 6.07) is 6.97. The van der Waals surface area contributed by atoms with Gasteiger partial charge >= 0.3 is 0 Å². The number of carbonyl (C=O) groups is 1. The molecule has 10 nitrogen and oxygen atoms in total. The molecule has 1 unspecified atom stereocenters. The van der Waals surface area contributed by atoms with Crippen LogP contribution in [0.15, 0.2) is 48.3 Å². The summed E-state index contributed by atoms with van der Waals surface area (Å²) in [4.78, 5) is 27.3. The molecule has 0 radical (unpaired) electrons. The zero-order chi connectivity index (χ0) is 39.0. The van der Waals surface area contributed by atoms with Crippen molar-refractivity contribution >= 4 is 34.0 Å². The molecule has 2 aromatic heterocycles. The molecule has 0 aliphatic carbocycles. The summed E-state index contributed by atoms with van der Waals surface area (Å²) in [5.41, 5.74) is 2.45. The summed E-state index contributed by atoms with van der Waals surface area (Å²) < 4.78 is 62.5. The second kappa shape index (κ2) is 21.6. The van der Waals surface area contributed by atoms with Crippen LogP contribution >= 0.6 is 0 Å². The number of aromatic amines is 1. The molecule has 1 aliphatic rings. The Morgan fingerprint density at radius 2 is 1.69 bits per heavy atom.